The van der Waals surface area contributed by atoms with Gasteiger partial charge in [0, 0.05) is 0 Å². The van der Waals surface area contributed by atoms with Gasteiger partial charge in [0.25, 0.3) is 0 Å². The van der Waals surface area contributed by atoms with Crippen molar-refractivity contribution < 1.29 is 18.1 Å². The number of halogens is 1. The Morgan fingerprint density at radius 2 is 1.95 bits per heavy atom. The van der Waals surface area contributed by atoms with Crippen LogP contribution in [0.4, 0.5) is 4.39 Å². The number of nitrogens with one attached hydrogen (secondary N) is 1. The second-order valence-corrected chi connectivity index (χ2v) is 8.04. The van der Waals surface area contributed by atoms with Crippen LogP contribution in [-0.2, 0) is 26.1 Å². The summed E-state index contributed by atoms with van der Waals surface area (Å²) >= 11 is 0. The first kappa shape index (κ1) is 17.8. The summed E-state index contributed by atoms with van der Waals surface area (Å²) in [5.74, 6) is -0.868. The normalized spacial score (nSPS) is 16.1. The van der Waals surface area contributed by atoms with Gasteiger partial charge in [0.1, 0.15) is 5.82 Å². The van der Waals surface area contributed by atoms with Crippen LogP contribution in [0.1, 0.15) is 39.7 Å². The minimum atomic E-state index is -1.41. The highest BCUT2D eigenvalue weighted by molar-refractivity contribution is 7.84. The van der Waals surface area contributed by atoms with E-state index in [2.05, 4.69) is 4.72 Å². The lowest BCUT2D eigenvalue weighted by molar-refractivity contribution is -0.142. The van der Waals surface area contributed by atoms with Gasteiger partial charge in [-0.05, 0) is 45.4 Å². The average molecular weight is 315 g/mol. The molecule has 0 amide bonds. The van der Waals surface area contributed by atoms with E-state index in [1.807, 2.05) is 20.8 Å². The molecule has 0 saturated carbocycles. The molecule has 6 heteroatoms. The Hall–Kier alpha value is -1.27. The van der Waals surface area contributed by atoms with Crippen LogP contribution < -0.4 is 4.72 Å². The van der Waals surface area contributed by atoms with Crippen LogP contribution in [0.3, 0.4) is 0 Å². The lowest BCUT2D eigenvalue weighted by atomic mass is 9.90. The second-order valence-electron chi connectivity index (χ2n) is 6.08. The summed E-state index contributed by atoms with van der Waals surface area (Å²) in [7, 11) is -0.126. The van der Waals surface area contributed by atoms with Crippen molar-refractivity contribution in [2.24, 2.45) is 0 Å². The van der Waals surface area contributed by atoms with Gasteiger partial charge >= 0.3 is 5.97 Å². The molecule has 1 aromatic rings. The zero-order chi connectivity index (χ0) is 16.3. The van der Waals surface area contributed by atoms with Crippen LogP contribution in [0, 0.1) is 5.82 Å². The first-order valence-corrected chi connectivity index (χ1v) is 7.76. The summed E-state index contributed by atoms with van der Waals surface area (Å²) < 4.78 is 33.0. The minimum Gasteiger partial charge on any atom is -0.469 e. The first-order chi connectivity index (χ1) is 9.58. The molecule has 0 fully saturated rings. The van der Waals surface area contributed by atoms with Gasteiger partial charge in [0.2, 0.25) is 0 Å². The second kappa shape index (κ2) is 6.66. The Balaban J connectivity index is 3.17. The van der Waals surface area contributed by atoms with E-state index in [0.29, 0.717) is 5.56 Å². The molecule has 0 bridgehead atoms. The molecule has 1 N–H and O–H groups in total. The van der Waals surface area contributed by atoms with Crippen LogP contribution in [0.5, 0.6) is 0 Å². The van der Waals surface area contributed by atoms with Crippen molar-refractivity contribution in [2.45, 2.75) is 44.4 Å². The number of hydrogen-bond acceptors (Lipinski definition) is 3. The number of carbonyl (C=O) groups excluding carboxylic acids is 1. The van der Waals surface area contributed by atoms with E-state index in [1.54, 1.807) is 19.1 Å². The average Bonchev–Trinajstić information content (AvgIpc) is 2.37. The molecule has 2 atom stereocenters. The summed E-state index contributed by atoms with van der Waals surface area (Å²) in [6, 6.07) is 5.90. The van der Waals surface area contributed by atoms with Crippen molar-refractivity contribution in [1.29, 1.82) is 0 Å². The maximum absolute atomic E-state index is 13.5. The van der Waals surface area contributed by atoms with Crippen molar-refractivity contribution >= 4 is 17.0 Å². The van der Waals surface area contributed by atoms with Crippen molar-refractivity contribution in [2.75, 3.05) is 7.11 Å². The fraction of sp³-hybridized carbons (Fsp3) is 0.533. The highest BCUT2D eigenvalue weighted by Crippen LogP contribution is 2.28. The lowest BCUT2D eigenvalue weighted by Crippen LogP contribution is -2.47. The van der Waals surface area contributed by atoms with E-state index in [9.17, 15) is 13.4 Å². The molecule has 0 unspecified atom stereocenters. The predicted octanol–water partition coefficient (Wildman–Crippen LogP) is 2.66. The summed E-state index contributed by atoms with van der Waals surface area (Å²) in [6.45, 7) is 7.17. The Bertz CT molecular complexity index is 542. The molecule has 4 nitrogen and oxygen atoms in total. The summed E-state index contributed by atoms with van der Waals surface area (Å²) in [5.41, 5.74) is -0.432. The van der Waals surface area contributed by atoms with Gasteiger partial charge in [-0.15, -0.1) is 0 Å². The quantitative estimate of drug-likeness (QED) is 0.850. The van der Waals surface area contributed by atoms with Crippen molar-refractivity contribution in [3.63, 3.8) is 0 Å². The topological polar surface area (TPSA) is 55.4 Å². The standard InChI is InChI=1S/C15H22FNO3S/c1-14(2,3)21(19)17-15(4,10-13(18)20-5)11-7-6-8-12(16)9-11/h6-9,17H,10H2,1-5H3/t15-,21-/m1/s1. The highest BCUT2D eigenvalue weighted by Gasteiger charge is 2.35. The number of hydrogen-bond donors (Lipinski definition) is 1. The minimum absolute atomic E-state index is 0.0469. The third-order valence-corrected chi connectivity index (χ3v) is 4.81. The fourth-order valence-electron chi connectivity index (χ4n) is 1.75. The van der Waals surface area contributed by atoms with Gasteiger partial charge in [0.05, 0.1) is 34.8 Å². The molecule has 0 aromatic heterocycles. The van der Waals surface area contributed by atoms with Crippen LogP contribution in [0.2, 0.25) is 0 Å². The highest BCUT2D eigenvalue weighted by atomic mass is 32.2. The van der Waals surface area contributed by atoms with Crippen molar-refractivity contribution in [3.8, 4) is 0 Å². The number of ether oxygens (including phenoxy) is 1. The molecule has 1 rings (SSSR count). The Labute approximate surface area is 127 Å². The SMILES string of the molecule is COC(=O)C[C@@](C)(N[S@](=O)C(C)(C)C)c1cccc(F)c1. The molecule has 0 saturated heterocycles. The van der Waals surface area contributed by atoms with Crippen molar-refractivity contribution in [3.05, 3.63) is 35.6 Å². The molecular formula is C15H22FNO3S. The largest absolute Gasteiger partial charge is 0.469 e. The first-order valence-electron chi connectivity index (χ1n) is 6.61. The number of esters is 1. The third kappa shape index (κ3) is 4.89. The molecule has 0 spiro atoms. The summed E-state index contributed by atoms with van der Waals surface area (Å²) in [4.78, 5) is 11.7. The molecule has 0 aliphatic rings. The van der Waals surface area contributed by atoms with Gasteiger partial charge in [-0.25, -0.2) is 13.3 Å². The van der Waals surface area contributed by atoms with Crippen LogP contribution in [0.15, 0.2) is 24.3 Å². The summed E-state index contributed by atoms with van der Waals surface area (Å²) in [6.07, 6.45) is -0.0469. The van der Waals surface area contributed by atoms with Gasteiger partial charge in [0.15, 0.2) is 0 Å². The summed E-state index contributed by atoms with van der Waals surface area (Å²) in [5, 5.41) is 0. The molecule has 0 aliphatic carbocycles. The number of carbonyl (C=O) groups is 1. The zero-order valence-corrected chi connectivity index (χ0v) is 13.8. The molecule has 1 aromatic carbocycles. The maximum atomic E-state index is 13.5. The monoisotopic (exact) mass is 315 g/mol. The Morgan fingerprint density at radius 1 is 1.33 bits per heavy atom. The maximum Gasteiger partial charge on any atom is 0.307 e. The van der Waals surface area contributed by atoms with Crippen LogP contribution >= 0.6 is 0 Å². The van der Waals surface area contributed by atoms with Crippen LogP contribution in [-0.4, -0.2) is 22.0 Å². The van der Waals surface area contributed by atoms with Gasteiger partial charge in [-0.2, -0.15) is 0 Å². The molecule has 0 aliphatic heterocycles. The third-order valence-electron chi connectivity index (χ3n) is 3.06. The van der Waals surface area contributed by atoms with E-state index in [1.165, 1.54) is 19.2 Å². The van der Waals surface area contributed by atoms with E-state index >= 15 is 0 Å². The number of methoxy groups -OCH3 is 1. The van der Waals surface area contributed by atoms with E-state index in [4.69, 9.17) is 4.74 Å². The Morgan fingerprint density at radius 3 is 2.43 bits per heavy atom. The van der Waals surface area contributed by atoms with Gasteiger partial charge in [-0.1, -0.05) is 12.1 Å². The predicted molar refractivity (Wildman–Crippen MR) is 81.4 cm³/mol. The number of benzene rings is 1. The molecule has 0 heterocycles. The van der Waals surface area contributed by atoms with E-state index in [0.717, 1.165) is 0 Å². The zero-order valence-electron chi connectivity index (χ0n) is 13.0. The molecule has 21 heavy (non-hydrogen) atoms. The van der Waals surface area contributed by atoms with Gasteiger partial charge in [-0.3, -0.25) is 4.79 Å². The molecule has 118 valence electrons. The molecule has 0 radical (unpaired) electrons. The van der Waals surface area contributed by atoms with E-state index in [-0.39, 0.29) is 6.42 Å². The van der Waals surface area contributed by atoms with E-state index < -0.39 is 33.1 Å². The smallest absolute Gasteiger partial charge is 0.307 e. The van der Waals surface area contributed by atoms with Crippen LogP contribution in [0.25, 0.3) is 0 Å². The number of rotatable bonds is 5. The lowest BCUT2D eigenvalue weighted by Gasteiger charge is -2.33. The van der Waals surface area contributed by atoms with Gasteiger partial charge < -0.3 is 4.74 Å². The Kier molecular flexibility index (Phi) is 5.64. The van der Waals surface area contributed by atoms with Crippen molar-refractivity contribution in [1.82, 2.24) is 4.72 Å². The fourth-order valence-corrected chi connectivity index (χ4v) is 2.65. The molecular weight excluding hydrogens is 293 g/mol.